The number of carbonyl (C=O) groups is 1. The second-order valence-electron chi connectivity index (χ2n) is 11.9. The number of rotatable bonds is 10. The number of alkyl halides is 1. The molecule has 0 bridgehead atoms. The van der Waals surface area contributed by atoms with E-state index in [9.17, 15) is 17.6 Å². The second kappa shape index (κ2) is 13.3. The number of halogens is 1. The molecule has 1 amide bonds. The zero-order valence-corrected chi connectivity index (χ0v) is 24.9. The number of hydrogen-bond donors (Lipinski definition) is 1. The predicted octanol–water partition coefficient (Wildman–Crippen LogP) is 3.51. The molecule has 1 saturated carbocycles. The van der Waals surface area contributed by atoms with Gasteiger partial charge in [-0.3, -0.25) is 4.79 Å². The van der Waals surface area contributed by atoms with E-state index in [-0.39, 0.29) is 29.8 Å². The molecule has 3 aliphatic rings. The van der Waals surface area contributed by atoms with Gasteiger partial charge in [-0.15, -0.1) is 0 Å². The lowest BCUT2D eigenvalue weighted by Gasteiger charge is -2.41. The first-order valence-electron chi connectivity index (χ1n) is 14.6. The summed E-state index contributed by atoms with van der Waals surface area (Å²) < 4.78 is 46.4. The fraction of sp³-hybridized carbons (Fsp3) is 0.759. The average Bonchev–Trinajstić information content (AvgIpc) is 3.31. The Morgan fingerprint density at radius 1 is 1.05 bits per heavy atom. The summed E-state index contributed by atoms with van der Waals surface area (Å²) in [4.78, 5) is 17.9. The fourth-order valence-electron chi connectivity index (χ4n) is 6.67. The molecule has 39 heavy (non-hydrogen) atoms. The summed E-state index contributed by atoms with van der Waals surface area (Å²) in [6.07, 6.45) is 6.65. The highest BCUT2D eigenvalue weighted by molar-refractivity contribution is 7.89. The third-order valence-electron chi connectivity index (χ3n) is 8.95. The average molecular weight is 567 g/mol. The highest BCUT2D eigenvalue weighted by Crippen LogP contribution is 2.30. The summed E-state index contributed by atoms with van der Waals surface area (Å²) in [7, 11) is -0.625. The Bertz CT molecular complexity index is 1060. The lowest BCUT2D eigenvalue weighted by atomic mass is 9.87. The van der Waals surface area contributed by atoms with E-state index >= 15 is 0 Å². The summed E-state index contributed by atoms with van der Waals surface area (Å²) in [6, 6.07) is 4.17. The third kappa shape index (κ3) is 7.71. The van der Waals surface area contributed by atoms with Crippen LogP contribution < -0.4 is 10.1 Å². The van der Waals surface area contributed by atoms with Gasteiger partial charge in [-0.05, 0) is 101 Å². The molecular weight excluding hydrogens is 519 g/mol. The van der Waals surface area contributed by atoms with Crippen LogP contribution in [-0.2, 0) is 14.8 Å². The van der Waals surface area contributed by atoms with Crippen molar-refractivity contribution < 1.29 is 22.3 Å². The lowest BCUT2D eigenvalue weighted by molar-refractivity contribution is -0.122. The van der Waals surface area contributed by atoms with Crippen LogP contribution in [0.4, 0.5) is 4.39 Å². The van der Waals surface area contributed by atoms with E-state index in [0.717, 1.165) is 51.9 Å². The summed E-state index contributed by atoms with van der Waals surface area (Å²) in [5.74, 6) is 1.21. The number of aryl methyl sites for hydroxylation is 2. The van der Waals surface area contributed by atoms with Crippen molar-refractivity contribution in [3.8, 4) is 5.75 Å². The first-order valence-corrected chi connectivity index (χ1v) is 16.0. The first kappa shape index (κ1) is 30.2. The van der Waals surface area contributed by atoms with Gasteiger partial charge in [-0.2, -0.15) is 0 Å². The van der Waals surface area contributed by atoms with Crippen LogP contribution in [0.15, 0.2) is 17.0 Å². The number of methoxy groups -OCH3 is 1. The van der Waals surface area contributed by atoms with Crippen molar-refractivity contribution in [1.29, 1.82) is 0 Å². The molecule has 0 spiro atoms. The monoisotopic (exact) mass is 566 g/mol. The van der Waals surface area contributed by atoms with E-state index in [0.29, 0.717) is 41.8 Å². The molecule has 1 aromatic carbocycles. The number of hydrogen-bond acceptors (Lipinski definition) is 6. The molecule has 1 N–H and O–H groups in total. The fourth-order valence-corrected chi connectivity index (χ4v) is 8.25. The summed E-state index contributed by atoms with van der Waals surface area (Å²) in [6.45, 7) is 8.46. The molecule has 0 unspecified atom stereocenters. The zero-order valence-electron chi connectivity index (χ0n) is 24.1. The number of nitrogens with one attached hydrogen (secondary N) is 1. The van der Waals surface area contributed by atoms with Crippen molar-refractivity contribution in [3.05, 3.63) is 23.3 Å². The Hall–Kier alpha value is -1.75. The van der Waals surface area contributed by atoms with Gasteiger partial charge in [-0.1, -0.05) is 0 Å². The summed E-state index contributed by atoms with van der Waals surface area (Å²) >= 11 is 0. The molecule has 2 aliphatic heterocycles. The molecule has 10 heteroatoms. The second-order valence-corrected chi connectivity index (χ2v) is 13.8. The molecular formula is C29H47FN4O4S. The Morgan fingerprint density at radius 3 is 2.26 bits per heavy atom. The molecule has 8 nitrogen and oxygen atoms in total. The lowest BCUT2D eigenvalue weighted by Crippen LogP contribution is -2.47. The largest absolute Gasteiger partial charge is 0.497 e. The van der Waals surface area contributed by atoms with Crippen molar-refractivity contribution in [2.45, 2.75) is 88.4 Å². The minimum atomic E-state index is -3.71. The van der Waals surface area contributed by atoms with E-state index in [1.807, 2.05) is 0 Å². The molecule has 1 aromatic rings. The van der Waals surface area contributed by atoms with Gasteiger partial charge >= 0.3 is 0 Å². The van der Waals surface area contributed by atoms with E-state index in [4.69, 9.17) is 4.74 Å². The number of amides is 1. The van der Waals surface area contributed by atoms with Crippen LogP contribution in [-0.4, -0.2) is 100 Å². The van der Waals surface area contributed by atoms with Crippen molar-refractivity contribution in [2.75, 3.05) is 53.4 Å². The van der Waals surface area contributed by atoms with E-state index in [1.54, 1.807) is 33.1 Å². The molecule has 2 saturated heterocycles. The highest BCUT2D eigenvalue weighted by atomic mass is 32.2. The third-order valence-corrected chi connectivity index (χ3v) is 11.1. The topological polar surface area (TPSA) is 82.2 Å². The zero-order chi connectivity index (χ0) is 28.2. The van der Waals surface area contributed by atoms with Gasteiger partial charge in [0, 0.05) is 51.7 Å². The van der Waals surface area contributed by atoms with Gasteiger partial charge in [-0.25, -0.2) is 17.1 Å². The Balaban J connectivity index is 1.17. The van der Waals surface area contributed by atoms with E-state index in [2.05, 4.69) is 15.1 Å². The van der Waals surface area contributed by atoms with Crippen LogP contribution in [0.25, 0.3) is 0 Å². The van der Waals surface area contributed by atoms with Gasteiger partial charge in [0.05, 0.1) is 12.0 Å². The number of carbonyl (C=O) groups excluding carboxylic acids is 1. The Morgan fingerprint density at radius 2 is 1.69 bits per heavy atom. The van der Waals surface area contributed by atoms with Crippen molar-refractivity contribution in [2.24, 2.45) is 5.92 Å². The number of ether oxygens (including phenoxy) is 1. The highest BCUT2D eigenvalue weighted by Gasteiger charge is 2.32. The van der Waals surface area contributed by atoms with Gasteiger partial charge in [0.15, 0.2) is 0 Å². The van der Waals surface area contributed by atoms with Gasteiger partial charge in [0.25, 0.3) is 0 Å². The van der Waals surface area contributed by atoms with Crippen molar-refractivity contribution in [1.82, 2.24) is 19.4 Å². The van der Waals surface area contributed by atoms with Crippen LogP contribution in [0.5, 0.6) is 5.75 Å². The number of piperidine rings is 1. The summed E-state index contributed by atoms with van der Waals surface area (Å²) in [5.41, 5.74) is 1.26. The molecule has 2 heterocycles. The Labute approximate surface area is 234 Å². The molecule has 0 aromatic heterocycles. The Kier molecular flexibility index (Phi) is 10.3. The maximum atomic E-state index is 13.5. The number of likely N-dealkylation sites (tertiary alicyclic amines) is 2. The quantitative estimate of drug-likeness (QED) is 0.467. The maximum Gasteiger partial charge on any atom is 0.243 e. The summed E-state index contributed by atoms with van der Waals surface area (Å²) in [5, 5.41) is 3.15. The van der Waals surface area contributed by atoms with Crippen LogP contribution in [0.3, 0.4) is 0 Å². The number of sulfonamides is 1. The van der Waals surface area contributed by atoms with Crippen molar-refractivity contribution in [3.63, 3.8) is 0 Å². The molecule has 3 fully saturated rings. The smallest absolute Gasteiger partial charge is 0.243 e. The molecule has 0 radical (unpaired) electrons. The van der Waals surface area contributed by atoms with Crippen LogP contribution in [0, 0.1) is 19.8 Å². The van der Waals surface area contributed by atoms with Crippen molar-refractivity contribution >= 4 is 15.9 Å². The maximum absolute atomic E-state index is 13.5. The van der Waals surface area contributed by atoms with E-state index in [1.165, 1.54) is 24.2 Å². The van der Waals surface area contributed by atoms with Gasteiger partial charge in [0.2, 0.25) is 15.9 Å². The van der Waals surface area contributed by atoms with Crippen LogP contribution in [0.2, 0.25) is 0 Å². The first-order chi connectivity index (χ1) is 18.6. The minimum absolute atomic E-state index is 0.0954. The van der Waals surface area contributed by atoms with Gasteiger partial charge in [0.1, 0.15) is 11.9 Å². The molecule has 1 atom stereocenters. The van der Waals surface area contributed by atoms with Crippen LogP contribution >= 0.6 is 0 Å². The predicted molar refractivity (Wildman–Crippen MR) is 151 cm³/mol. The molecule has 4 rings (SSSR count). The number of benzene rings is 1. The standard InChI is InChI=1S/C29H47FN4O4S/c1-21-17-27(38-4)18-22(2)29(21)39(36,37)32(3)13-12-28(35)31-25-5-7-26(8-6-25)34-15-9-23(10-16-34)19-33-14-11-24(30)20-33/h17-18,23-26H,5-16,19-20H2,1-4H3,(H,31,35)/t24-,25?,26?/m0/s1. The number of nitrogens with zero attached hydrogens (tertiary/aromatic N) is 3. The van der Waals surface area contributed by atoms with E-state index < -0.39 is 16.2 Å². The molecule has 1 aliphatic carbocycles. The normalized spacial score (nSPS) is 25.7. The van der Waals surface area contributed by atoms with Gasteiger partial charge < -0.3 is 19.9 Å². The SMILES string of the molecule is COc1cc(C)c(S(=O)(=O)N(C)CCC(=O)NC2CCC(N3CCC(CN4CC[C@H](F)C4)CC3)CC2)c(C)c1. The molecule has 220 valence electrons. The minimum Gasteiger partial charge on any atom is -0.497 e. The van der Waals surface area contributed by atoms with Crippen LogP contribution in [0.1, 0.15) is 62.5 Å².